The Balaban J connectivity index is 1.93. The minimum Gasteiger partial charge on any atom is -0.450 e. The molecular formula is C21H20F2N4O3. The van der Waals surface area contributed by atoms with E-state index in [1.807, 2.05) is 6.92 Å². The molecule has 0 aliphatic rings. The Bertz CT molecular complexity index is 1130. The van der Waals surface area contributed by atoms with Crippen LogP contribution in [0.15, 0.2) is 53.5 Å². The van der Waals surface area contributed by atoms with Gasteiger partial charge in [-0.3, -0.25) is 9.59 Å². The lowest BCUT2D eigenvalue weighted by Crippen LogP contribution is -2.24. The molecular weight excluding hydrogens is 394 g/mol. The first-order chi connectivity index (χ1) is 14.4. The SMILES string of the molecule is CCCNC(=O)c1cccc(Nc2c(Oc3ccc(F)cc3F)cnn(C)c2=O)c1. The number of benzene rings is 2. The maximum absolute atomic E-state index is 14.0. The van der Waals surface area contributed by atoms with Gasteiger partial charge >= 0.3 is 0 Å². The highest BCUT2D eigenvalue weighted by atomic mass is 19.1. The molecule has 1 aromatic heterocycles. The van der Waals surface area contributed by atoms with Crippen molar-refractivity contribution in [3.63, 3.8) is 0 Å². The van der Waals surface area contributed by atoms with E-state index in [0.717, 1.165) is 23.2 Å². The molecule has 0 unspecified atom stereocenters. The number of aryl methyl sites for hydroxylation is 1. The van der Waals surface area contributed by atoms with Crippen molar-refractivity contribution in [3.05, 3.63) is 76.2 Å². The van der Waals surface area contributed by atoms with Gasteiger partial charge in [0.2, 0.25) is 0 Å². The lowest BCUT2D eigenvalue weighted by molar-refractivity contribution is 0.0953. The zero-order valence-corrected chi connectivity index (χ0v) is 16.4. The van der Waals surface area contributed by atoms with Crippen LogP contribution in [0.5, 0.6) is 11.5 Å². The number of hydrogen-bond donors (Lipinski definition) is 2. The summed E-state index contributed by atoms with van der Waals surface area (Å²) in [5.41, 5.74) is 0.316. The second-order valence-corrected chi connectivity index (χ2v) is 6.45. The van der Waals surface area contributed by atoms with Gasteiger partial charge in [-0.25, -0.2) is 13.5 Å². The Labute approximate surface area is 171 Å². The van der Waals surface area contributed by atoms with Crippen molar-refractivity contribution in [3.8, 4) is 11.5 Å². The number of ether oxygens (including phenoxy) is 1. The number of aromatic nitrogens is 2. The third kappa shape index (κ3) is 4.80. The number of rotatable bonds is 7. The van der Waals surface area contributed by atoms with Gasteiger partial charge in [-0.05, 0) is 36.8 Å². The monoisotopic (exact) mass is 414 g/mol. The molecule has 0 saturated carbocycles. The number of anilines is 2. The summed E-state index contributed by atoms with van der Waals surface area (Å²) in [5.74, 6) is -2.23. The topological polar surface area (TPSA) is 85.2 Å². The molecule has 2 aromatic carbocycles. The molecule has 1 heterocycles. The Morgan fingerprint density at radius 2 is 1.97 bits per heavy atom. The van der Waals surface area contributed by atoms with Gasteiger partial charge in [0.1, 0.15) is 5.82 Å². The van der Waals surface area contributed by atoms with Gasteiger partial charge < -0.3 is 15.4 Å². The van der Waals surface area contributed by atoms with E-state index < -0.39 is 17.2 Å². The highest BCUT2D eigenvalue weighted by Crippen LogP contribution is 2.30. The molecule has 0 bridgehead atoms. The van der Waals surface area contributed by atoms with E-state index >= 15 is 0 Å². The normalized spacial score (nSPS) is 10.5. The Kier molecular flexibility index (Phi) is 6.41. The van der Waals surface area contributed by atoms with Gasteiger partial charge in [0.25, 0.3) is 11.5 Å². The van der Waals surface area contributed by atoms with Crippen molar-refractivity contribution in [1.29, 1.82) is 0 Å². The fraction of sp³-hybridized carbons (Fsp3) is 0.190. The van der Waals surface area contributed by atoms with E-state index in [1.54, 1.807) is 24.3 Å². The van der Waals surface area contributed by atoms with E-state index in [4.69, 9.17) is 4.74 Å². The van der Waals surface area contributed by atoms with Crippen LogP contribution in [0.4, 0.5) is 20.2 Å². The second-order valence-electron chi connectivity index (χ2n) is 6.45. The van der Waals surface area contributed by atoms with Gasteiger partial charge in [0.15, 0.2) is 23.0 Å². The highest BCUT2D eigenvalue weighted by Gasteiger charge is 2.16. The number of carbonyl (C=O) groups excluding carboxylic acids is 1. The third-order valence-electron chi connectivity index (χ3n) is 4.15. The smallest absolute Gasteiger partial charge is 0.294 e. The lowest BCUT2D eigenvalue weighted by atomic mass is 10.2. The Morgan fingerprint density at radius 1 is 1.17 bits per heavy atom. The van der Waals surface area contributed by atoms with Crippen molar-refractivity contribution in [2.45, 2.75) is 13.3 Å². The molecule has 3 rings (SSSR count). The molecule has 156 valence electrons. The molecule has 1 amide bonds. The quantitative estimate of drug-likeness (QED) is 0.615. The van der Waals surface area contributed by atoms with Crippen LogP contribution < -0.4 is 20.9 Å². The molecule has 3 aromatic rings. The summed E-state index contributed by atoms with van der Waals surface area (Å²) >= 11 is 0. The number of nitrogens with zero attached hydrogens (tertiary/aromatic N) is 2. The zero-order chi connectivity index (χ0) is 21.7. The predicted octanol–water partition coefficient (Wildman–Crippen LogP) is 3.73. The molecule has 0 saturated heterocycles. The van der Waals surface area contributed by atoms with Crippen molar-refractivity contribution >= 4 is 17.3 Å². The summed E-state index contributed by atoms with van der Waals surface area (Å²) in [7, 11) is 1.45. The standard InChI is InChI=1S/C21H20F2N4O3/c1-3-9-24-20(28)13-5-4-6-15(10-13)26-19-18(12-25-27(2)21(19)29)30-17-8-7-14(22)11-16(17)23/h4-8,10-12,26H,3,9H2,1-2H3,(H,24,28). The molecule has 7 nitrogen and oxygen atoms in total. The van der Waals surface area contributed by atoms with Crippen LogP contribution in [0.3, 0.4) is 0 Å². The average Bonchev–Trinajstić information content (AvgIpc) is 2.73. The summed E-state index contributed by atoms with van der Waals surface area (Å²) in [6.45, 7) is 2.49. The van der Waals surface area contributed by atoms with Crippen molar-refractivity contribution in [1.82, 2.24) is 15.1 Å². The first kappa shape index (κ1) is 21.0. The largest absolute Gasteiger partial charge is 0.450 e. The van der Waals surface area contributed by atoms with Gasteiger partial charge in [-0.1, -0.05) is 13.0 Å². The van der Waals surface area contributed by atoms with E-state index in [2.05, 4.69) is 15.7 Å². The van der Waals surface area contributed by atoms with E-state index in [-0.39, 0.29) is 23.1 Å². The summed E-state index contributed by atoms with van der Waals surface area (Å²) in [5, 5.41) is 9.57. The number of amides is 1. The molecule has 0 aliphatic carbocycles. The predicted molar refractivity (Wildman–Crippen MR) is 108 cm³/mol. The van der Waals surface area contributed by atoms with Gasteiger partial charge in [-0.2, -0.15) is 5.10 Å². The lowest BCUT2D eigenvalue weighted by Gasteiger charge is -2.14. The molecule has 9 heteroatoms. The maximum Gasteiger partial charge on any atom is 0.294 e. The van der Waals surface area contributed by atoms with Crippen LogP contribution in [0.2, 0.25) is 0 Å². The zero-order valence-electron chi connectivity index (χ0n) is 16.4. The number of carbonyl (C=O) groups is 1. The van der Waals surface area contributed by atoms with E-state index in [0.29, 0.717) is 23.9 Å². The van der Waals surface area contributed by atoms with Crippen molar-refractivity contribution in [2.75, 3.05) is 11.9 Å². The molecule has 0 aliphatic heterocycles. The van der Waals surface area contributed by atoms with E-state index in [1.165, 1.54) is 13.2 Å². The first-order valence-corrected chi connectivity index (χ1v) is 9.23. The van der Waals surface area contributed by atoms with E-state index in [9.17, 15) is 18.4 Å². The third-order valence-corrected chi connectivity index (χ3v) is 4.15. The van der Waals surface area contributed by atoms with Crippen LogP contribution in [0, 0.1) is 11.6 Å². The number of halogens is 2. The summed E-state index contributed by atoms with van der Waals surface area (Å²) in [4.78, 5) is 24.8. The fourth-order valence-electron chi connectivity index (χ4n) is 2.62. The fourth-order valence-corrected chi connectivity index (χ4v) is 2.62. The van der Waals surface area contributed by atoms with Crippen LogP contribution in [0.25, 0.3) is 0 Å². The van der Waals surface area contributed by atoms with Crippen LogP contribution in [0.1, 0.15) is 23.7 Å². The summed E-state index contributed by atoms with van der Waals surface area (Å²) < 4.78 is 33.7. The van der Waals surface area contributed by atoms with Gasteiger partial charge in [0.05, 0.1) is 6.20 Å². The van der Waals surface area contributed by atoms with Crippen molar-refractivity contribution in [2.24, 2.45) is 7.05 Å². The molecule has 2 N–H and O–H groups in total. The average molecular weight is 414 g/mol. The Hall–Kier alpha value is -3.75. The van der Waals surface area contributed by atoms with Gasteiger partial charge in [0, 0.05) is 30.9 Å². The number of hydrogen-bond acceptors (Lipinski definition) is 5. The summed E-state index contributed by atoms with van der Waals surface area (Å²) in [6, 6.07) is 9.38. The van der Waals surface area contributed by atoms with Crippen molar-refractivity contribution < 1.29 is 18.3 Å². The first-order valence-electron chi connectivity index (χ1n) is 9.23. The summed E-state index contributed by atoms with van der Waals surface area (Å²) in [6.07, 6.45) is 2.04. The highest BCUT2D eigenvalue weighted by molar-refractivity contribution is 5.95. The minimum absolute atomic E-state index is 0.0117. The Morgan fingerprint density at radius 3 is 2.70 bits per heavy atom. The van der Waals surface area contributed by atoms with Crippen LogP contribution >= 0.6 is 0 Å². The van der Waals surface area contributed by atoms with Crippen LogP contribution in [-0.4, -0.2) is 22.2 Å². The molecule has 0 radical (unpaired) electrons. The molecule has 30 heavy (non-hydrogen) atoms. The van der Waals surface area contributed by atoms with Gasteiger partial charge in [-0.15, -0.1) is 0 Å². The molecule has 0 atom stereocenters. The van der Waals surface area contributed by atoms with Crippen LogP contribution in [-0.2, 0) is 7.05 Å². The second kappa shape index (κ2) is 9.17. The molecule has 0 fully saturated rings. The molecule has 0 spiro atoms. The number of nitrogens with one attached hydrogen (secondary N) is 2. The maximum atomic E-state index is 14.0. The minimum atomic E-state index is -0.920.